The van der Waals surface area contributed by atoms with Gasteiger partial charge in [0.2, 0.25) is 0 Å². The Labute approximate surface area is 135 Å². The monoisotopic (exact) mass is 306 g/mol. The van der Waals surface area contributed by atoms with Crippen molar-refractivity contribution in [2.75, 3.05) is 6.61 Å². The Morgan fingerprint density at radius 2 is 1.59 bits per heavy atom. The zero-order chi connectivity index (χ0) is 17.0. The van der Waals surface area contributed by atoms with Crippen LogP contribution in [0.4, 0.5) is 0 Å². The van der Waals surface area contributed by atoms with Gasteiger partial charge >= 0.3 is 5.97 Å². The fourth-order valence-electron chi connectivity index (χ4n) is 2.66. The molecule has 0 amide bonds. The summed E-state index contributed by atoms with van der Waals surface area (Å²) in [6, 6.07) is 8.02. The van der Waals surface area contributed by atoms with E-state index in [1.165, 1.54) is 5.56 Å². The van der Waals surface area contributed by atoms with Gasteiger partial charge in [-0.15, -0.1) is 0 Å². The van der Waals surface area contributed by atoms with Gasteiger partial charge in [0.25, 0.3) is 0 Å². The molecular weight excluding hydrogens is 276 g/mol. The van der Waals surface area contributed by atoms with Crippen molar-refractivity contribution in [3.8, 4) is 5.75 Å². The molecule has 1 unspecified atom stereocenters. The topological polar surface area (TPSA) is 35.5 Å². The smallest absolute Gasteiger partial charge is 0.344 e. The van der Waals surface area contributed by atoms with Crippen molar-refractivity contribution in [1.82, 2.24) is 0 Å². The van der Waals surface area contributed by atoms with Crippen LogP contribution < -0.4 is 4.74 Å². The first-order valence-corrected chi connectivity index (χ1v) is 7.97. The molecule has 1 atom stereocenters. The molecule has 0 saturated carbocycles. The Bertz CT molecular complexity index is 475. The molecule has 0 aromatic heterocycles. The number of carbonyl (C=O) groups is 1. The van der Waals surface area contributed by atoms with Crippen LogP contribution in [0.2, 0.25) is 0 Å². The summed E-state index contributed by atoms with van der Waals surface area (Å²) in [6.07, 6.45) is 1.10. The zero-order valence-electron chi connectivity index (χ0n) is 15.0. The summed E-state index contributed by atoms with van der Waals surface area (Å²) in [6.45, 7) is 14.5. The van der Waals surface area contributed by atoms with Crippen molar-refractivity contribution in [3.63, 3.8) is 0 Å². The maximum absolute atomic E-state index is 11.6. The van der Waals surface area contributed by atoms with Crippen LogP contribution in [0.25, 0.3) is 0 Å². The molecule has 1 aromatic carbocycles. The molecule has 3 heteroatoms. The first-order valence-electron chi connectivity index (χ1n) is 7.97. The average Bonchev–Trinajstić information content (AvgIpc) is 2.35. The molecule has 1 rings (SSSR count). The SMILES string of the molecule is CCC(c1ccc(OCC(=O)OC(C)(C)C)cc1)C(C)(C)C. The standard InChI is InChI=1S/C19H30O3/c1-8-16(18(2,3)4)14-9-11-15(12-10-14)21-13-17(20)22-19(5,6)7/h9-12,16H,8,13H2,1-7H3. The van der Waals surface area contributed by atoms with Gasteiger partial charge < -0.3 is 9.47 Å². The fourth-order valence-corrected chi connectivity index (χ4v) is 2.66. The third-order valence-electron chi connectivity index (χ3n) is 3.51. The lowest BCUT2D eigenvalue weighted by Gasteiger charge is -2.30. The predicted molar refractivity (Wildman–Crippen MR) is 90.3 cm³/mol. The summed E-state index contributed by atoms with van der Waals surface area (Å²) >= 11 is 0. The molecule has 0 N–H and O–H groups in total. The van der Waals surface area contributed by atoms with Gasteiger partial charge in [-0.1, -0.05) is 39.8 Å². The lowest BCUT2D eigenvalue weighted by atomic mass is 9.75. The highest BCUT2D eigenvalue weighted by Crippen LogP contribution is 2.37. The minimum Gasteiger partial charge on any atom is -0.482 e. The van der Waals surface area contributed by atoms with Crippen LogP contribution in [-0.4, -0.2) is 18.2 Å². The summed E-state index contributed by atoms with van der Waals surface area (Å²) in [4.78, 5) is 11.6. The summed E-state index contributed by atoms with van der Waals surface area (Å²) in [5, 5.41) is 0. The van der Waals surface area contributed by atoms with Crippen LogP contribution in [0.5, 0.6) is 5.75 Å². The maximum Gasteiger partial charge on any atom is 0.344 e. The summed E-state index contributed by atoms with van der Waals surface area (Å²) in [5.74, 6) is 0.850. The normalized spacial score (nSPS) is 13.6. The Hall–Kier alpha value is -1.51. The predicted octanol–water partition coefficient (Wildman–Crippen LogP) is 4.95. The van der Waals surface area contributed by atoms with Gasteiger partial charge in [-0.25, -0.2) is 4.79 Å². The third kappa shape index (κ3) is 6.08. The summed E-state index contributed by atoms with van der Waals surface area (Å²) in [7, 11) is 0. The highest BCUT2D eigenvalue weighted by molar-refractivity contribution is 5.71. The zero-order valence-corrected chi connectivity index (χ0v) is 15.0. The number of esters is 1. The van der Waals surface area contributed by atoms with Gasteiger partial charge in [0.1, 0.15) is 11.4 Å². The number of carbonyl (C=O) groups excluding carboxylic acids is 1. The molecule has 0 heterocycles. The minimum atomic E-state index is -0.481. The Balaban J connectivity index is 2.64. The van der Waals surface area contributed by atoms with Gasteiger partial charge in [-0.2, -0.15) is 0 Å². The van der Waals surface area contributed by atoms with E-state index >= 15 is 0 Å². The van der Waals surface area contributed by atoms with Crippen molar-refractivity contribution in [2.45, 2.75) is 66.4 Å². The number of hydrogen-bond acceptors (Lipinski definition) is 3. The molecule has 0 radical (unpaired) electrons. The molecule has 3 nitrogen and oxygen atoms in total. The number of benzene rings is 1. The van der Waals surface area contributed by atoms with E-state index in [2.05, 4.69) is 39.8 Å². The van der Waals surface area contributed by atoms with Crippen molar-refractivity contribution < 1.29 is 14.3 Å². The Kier molecular flexibility index (Phi) is 6.04. The van der Waals surface area contributed by atoms with Gasteiger partial charge in [0.05, 0.1) is 0 Å². The molecule has 0 spiro atoms. The number of rotatable bonds is 5. The number of hydrogen-bond donors (Lipinski definition) is 0. The first-order chi connectivity index (χ1) is 10.0. The van der Waals surface area contributed by atoms with Crippen LogP contribution in [0.15, 0.2) is 24.3 Å². The van der Waals surface area contributed by atoms with E-state index in [0.29, 0.717) is 11.7 Å². The molecule has 22 heavy (non-hydrogen) atoms. The summed E-state index contributed by atoms with van der Waals surface area (Å²) < 4.78 is 10.7. The molecular formula is C19H30O3. The second kappa shape index (κ2) is 7.17. The molecule has 0 aliphatic rings. The van der Waals surface area contributed by atoms with E-state index in [-0.39, 0.29) is 18.0 Å². The number of ether oxygens (including phenoxy) is 2. The maximum atomic E-state index is 11.6. The highest BCUT2D eigenvalue weighted by atomic mass is 16.6. The molecule has 0 bridgehead atoms. The quantitative estimate of drug-likeness (QED) is 0.722. The van der Waals surface area contributed by atoms with E-state index in [1.807, 2.05) is 32.9 Å². The van der Waals surface area contributed by atoms with Crippen LogP contribution in [0.1, 0.15) is 66.4 Å². The van der Waals surface area contributed by atoms with Crippen molar-refractivity contribution in [1.29, 1.82) is 0 Å². The van der Waals surface area contributed by atoms with E-state index in [4.69, 9.17) is 9.47 Å². The third-order valence-corrected chi connectivity index (χ3v) is 3.51. The van der Waals surface area contributed by atoms with E-state index < -0.39 is 5.60 Å². The second-order valence-electron chi connectivity index (χ2n) is 7.77. The van der Waals surface area contributed by atoms with Crippen molar-refractivity contribution in [2.24, 2.45) is 5.41 Å². The molecule has 0 saturated heterocycles. The lowest BCUT2D eigenvalue weighted by Crippen LogP contribution is -2.27. The molecule has 0 aliphatic carbocycles. The lowest BCUT2D eigenvalue weighted by molar-refractivity contribution is -0.157. The van der Waals surface area contributed by atoms with Crippen LogP contribution in [0.3, 0.4) is 0 Å². The largest absolute Gasteiger partial charge is 0.482 e. The fraction of sp³-hybridized carbons (Fsp3) is 0.632. The molecule has 1 aromatic rings. The van der Waals surface area contributed by atoms with Gasteiger partial charge in [-0.05, 0) is 56.2 Å². The first kappa shape index (κ1) is 18.5. The van der Waals surface area contributed by atoms with E-state index in [9.17, 15) is 4.79 Å². The van der Waals surface area contributed by atoms with Crippen LogP contribution in [0, 0.1) is 5.41 Å². The van der Waals surface area contributed by atoms with Gasteiger partial charge in [0.15, 0.2) is 6.61 Å². The van der Waals surface area contributed by atoms with Crippen molar-refractivity contribution in [3.05, 3.63) is 29.8 Å². The second-order valence-corrected chi connectivity index (χ2v) is 7.77. The van der Waals surface area contributed by atoms with Gasteiger partial charge in [0, 0.05) is 0 Å². The van der Waals surface area contributed by atoms with Crippen LogP contribution >= 0.6 is 0 Å². The Morgan fingerprint density at radius 1 is 1.05 bits per heavy atom. The van der Waals surface area contributed by atoms with Crippen LogP contribution in [-0.2, 0) is 9.53 Å². The molecule has 0 aliphatic heterocycles. The highest BCUT2D eigenvalue weighted by Gasteiger charge is 2.24. The average molecular weight is 306 g/mol. The van der Waals surface area contributed by atoms with E-state index in [0.717, 1.165) is 6.42 Å². The minimum absolute atomic E-state index is 0.0624. The summed E-state index contributed by atoms with van der Waals surface area (Å²) in [5.41, 5.74) is 1.05. The van der Waals surface area contributed by atoms with Gasteiger partial charge in [-0.3, -0.25) is 0 Å². The Morgan fingerprint density at radius 3 is 2.00 bits per heavy atom. The molecule has 124 valence electrons. The van der Waals surface area contributed by atoms with E-state index in [1.54, 1.807) is 0 Å². The van der Waals surface area contributed by atoms with Crippen molar-refractivity contribution >= 4 is 5.97 Å². The molecule has 0 fully saturated rings.